The number of aliphatic hydroxyl groups is 1. The number of hydrogen-bond donors (Lipinski definition) is 2. The van der Waals surface area contributed by atoms with Gasteiger partial charge in [-0.05, 0) is 26.7 Å². The third-order valence-electron chi connectivity index (χ3n) is 2.80. The zero-order valence-corrected chi connectivity index (χ0v) is 10.5. The molecule has 0 aliphatic heterocycles. The SMILES string of the molecule is CCC(C)(CCO)NCc1cnc(C)s1. The molecule has 1 rings (SSSR count). The highest BCUT2D eigenvalue weighted by Crippen LogP contribution is 2.17. The summed E-state index contributed by atoms with van der Waals surface area (Å²) in [4.78, 5) is 5.47. The lowest BCUT2D eigenvalue weighted by molar-refractivity contribution is 0.215. The summed E-state index contributed by atoms with van der Waals surface area (Å²) in [5, 5.41) is 13.6. The first kappa shape index (κ1) is 12.6. The molecule has 0 saturated heterocycles. The van der Waals surface area contributed by atoms with E-state index in [0.29, 0.717) is 0 Å². The van der Waals surface area contributed by atoms with Crippen LogP contribution in [0.25, 0.3) is 0 Å². The lowest BCUT2D eigenvalue weighted by atomic mass is 9.95. The molecule has 3 nitrogen and oxygen atoms in total. The van der Waals surface area contributed by atoms with Gasteiger partial charge in [-0.3, -0.25) is 0 Å². The minimum atomic E-state index is 0.0344. The first-order chi connectivity index (χ1) is 7.09. The van der Waals surface area contributed by atoms with Gasteiger partial charge in [0.25, 0.3) is 0 Å². The predicted octanol–water partition coefficient (Wildman–Crippen LogP) is 2.09. The molecular formula is C11H20N2OS. The van der Waals surface area contributed by atoms with E-state index in [1.165, 1.54) is 4.88 Å². The maximum Gasteiger partial charge on any atom is 0.0897 e. The number of aromatic nitrogens is 1. The summed E-state index contributed by atoms with van der Waals surface area (Å²) in [7, 11) is 0. The number of aryl methyl sites for hydroxylation is 1. The summed E-state index contributed by atoms with van der Waals surface area (Å²) in [5.74, 6) is 0. The molecule has 1 unspecified atom stereocenters. The van der Waals surface area contributed by atoms with Crippen molar-refractivity contribution in [2.75, 3.05) is 6.61 Å². The second kappa shape index (κ2) is 5.58. The highest BCUT2D eigenvalue weighted by Gasteiger charge is 2.20. The molecule has 2 N–H and O–H groups in total. The number of nitrogens with one attached hydrogen (secondary N) is 1. The van der Waals surface area contributed by atoms with Crippen LogP contribution in [0.3, 0.4) is 0 Å². The van der Waals surface area contributed by atoms with Crippen LogP contribution in [0, 0.1) is 6.92 Å². The van der Waals surface area contributed by atoms with Crippen molar-refractivity contribution in [3.05, 3.63) is 16.1 Å². The van der Waals surface area contributed by atoms with E-state index < -0.39 is 0 Å². The minimum absolute atomic E-state index is 0.0344. The zero-order valence-electron chi connectivity index (χ0n) is 9.71. The first-order valence-electron chi connectivity index (χ1n) is 5.37. The number of rotatable bonds is 6. The number of thiazole rings is 1. The van der Waals surface area contributed by atoms with Gasteiger partial charge < -0.3 is 10.4 Å². The molecule has 0 aliphatic rings. The van der Waals surface area contributed by atoms with Crippen LogP contribution in [0.1, 0.15) is 36.6 Å². The van der Waals surface area contributed by atoms with Crippen LogP contribution in [0.2, 0.25) is 0 Å². The molecule has 0 amide bonds. The molecule has 0 spiro atoms. The van der Waals surface area contributed by atoms with Crippen molar-refractivity contribution in [1.82, 2.24) is 10.3 Å². The maximum absolute atomic E-state index is 8.98. The van der Waals surface area contributed by atoms with E-state index in [1.807, 2.05) is 13.1 Å². The molecular weight excluding hydrogens is 208 g/mol. The van der Waals surface area contributed by atoms with Crippen LogP contribution in [0.15, 0.2) is 6.20 Å². The summed E-state index contributed by atoms with van der Waals surface area (Å²) in [6, 6.07) is 0. The summed E-state index contributed by atoms with van der Waals surface area (Å²) < 4.78 is 0. The molecule has 1 aromatic heterocycles. The van der Waals surface area contributed by atoms with Crippen molar-refractivity contribution in [2.45, 2.75) is 45.7 Å². The van der Waals surface area contributed by atoms with E-state index in [-0.39, 0.29) is 12.1 Å². The minimum Gasteiger partial charge on any atom is -0.396 e. The van der Waals surface area contributed by atoms with Gasteiger partial charge in [-0.15, -0.1) is 11.3 Å². The smallest absolute Gasteiger partial charge is 0.0897 e. The molecule has 1 atom stereocenters. The lowest BCUT2D eigenvalue weighted by Crippen LogP contribution is -2.41. The van der Waals surface area contributed by atoms with E-state index in [4.69, 9.17) is 5.11 Å². The van der Waals surface area contributed by atoms with Crippen LogP contribution >= 0.6 is 11.3 Å². The lowest BCUT2D eigenvalue weighted by Gasteiger charge is -2.28. The van der Waals surface area contributed by atoms with E-state index in [9.17, 15) is 0 Å². The molecule has 86 valence electrons. The van der Waals surface area contributed by atoms with Crippen molar-refractivity contribution in [2.24, 2.45) is 0 Å². The molecule has 1 heterocycles. The molecule has 0 radical (unpaired) electrons. The Balaban J connectivity index is 2.47. The van der Waals surface area contributed by atoms with Gasteiger partial charge in [0.1, 0.15) is 0 Å². The molecule has 0 saturated carbocycles. The second-order valence-electron chi connectivity index (χ2n) is 4.09. The van der Waals surface area contributed by atoms with Crippen LogP contribution in [0.4, 0.5) is 0 Å². The van der Waals surface area contributed by atoms with Crippen LogP contribution in [-0.4, -0.2) is 22.2 Å². The molecule has 15 heavy (non-hydrogen) atoms. The molecule has 0 aromatic carbocycles. The molecule has 0 aliphatic carbocycles. The highest BCUT2D eigenvalue weighted by atomic mass is 32.1. The topological polar surface area (TPSA) is 45.1 Å². The van der Waals surface area contributed by atoms with Crippen molar-refractivity contribution in [3.8, 4) is 0 Å². The summed E-state index contributed by atoms with van der Waals surface area (Å²) in [6.07, 6.45) is 3.73. The van der Waals surface area contributed by atoms with Gasteiger partial charge in [-0.25, -0.2) is 4.98 Å². The Labute approximate surface area is 95.6 Å². The van der Waals surface area contributed by atoms with E-state index >= 15 is 0 Å². The van der Waals surface area contributed by atoms with E-state index in [0.717, 1.165) is 24.4 Å². The highest BCUT2D eigenvalue weighted by molar-refractivity contribution is 7.11. The Bertz CT molecular complexity index is 301. The Hall–Kier alpha value is -0.450. The number of aliphatic hydroxyl groups excluding tert-OH is 1. The van der Waals surface area contributed by atoms with Gasteiger partial charge in [0.15, 0.2) is 0 Å². The van der Waals surface area contributed by atoms with Crippen molar-refractivity contribution >= 4 is 11.3 Å². The summed E-state index contributed by atoms with van der Waals surface area (Å²) >= 11 is 1.72. The number of hydrogen-bond acceptors (Lipinski definition) is 4. The fourth-order valence-electron chi connectivity index (χ4n) is 1.42. The predicted molar refractivity (Wildman–Crippen MR) is 64.1 cm³/mol. The second-order valence-corrected chi connectivity index (χ2v) is 5.41. The number of nitrogens with zero attached hydrogens (tertiary/aromatic N) is 1. The first-order valence-corrected chi connectivity index (χ1v) is 6.18. The Kier molecular flexibility index (Phi) is 4.70. The Morgan fingerprint density at radius 1 is 1.60 bits per heavy atom. The van der Waals surface area contributed by atoms with Crippen molar-refractivity contribution in [3.63, 3.8) is 0 Å². The van der Waals surface area contributed by atoms with Gasteiger partial charge in [0, 0.05) is 29.8 Å². The van der Waals surface area contributed by atoms with Crippen LogP contribution in [0.5, 0.6) is 0 Å². The fourth-order valence-corrected chi connectivity index (χ4v) is 2.16. The van der Waals surface area contributed by atoms with E-state index in [2.05, 4.69) is 24.1 Å². The molecule has 0 fully saturated rings. The quantitative estimate of drug-likeness (QED) is 0.783. The monoisotopic (exact) mass is 228 g/mol. The Morgan fingerprint density at radius 3 is 2.80 bits per heavy atom. The van der Waals surface area contributed by atoms with Crippen LogP contribution in [-0.2, 0) is 6.54 Å². The Morgan fingerprint density at radius 2 is 2.33 bits per heavy atom. The van der Waals surface area contributed by atoms with Crippen molar-refractivity contribution < 1.29 is 5.11 Å². The van der Waals surface area contributed by atoms with Gasteiger partial charge >= 0.3 is 0 Å². The average molecular weight is 228 g/mol. The van der Waals surface area contributed by atoms with Gasteiger partial charge in [0.2, 0.25) is 0 Å². The maximum atomic E-state index is 8.98. The van der Waals surface area contributed by atoms with Gasteiger partial charge in [-0.1, -0.05) is 6.92 Å². The fraction of sp³-hybridized carbons (Fsp3) is 0.727. The largest absolute Gasteiger partial charge is 0.396 e. The molecule has 4 heteroatoms. The van der Waals surface area contributed by atoms with Gasteiger partial charge in [-0.2, -0.15) is 0 Å². The average Bonchev–Trinajstić information content (AvgIpc) is 2.62. The van der Waals surface area contributed by atoms with Crippen LogP contribution < -0.4 is 5.32 Å². The third kappa shape index (κ3) is 3.89. The van der Waals surface area contributed by atoms with Gasteiger partial charge in [0.05, 0.1) is 5.01 Å². The zero-order chi connectivity index (χ0) is 11.3. The van der Waals surface area contributed by atoms with E-state index in [1.54, 1.807) is 11.3 Å². The molecule has 1 aromatic rings. The summed E-state index contributed by atoms with van der Waals surface area (Å²) in [6.45, 7) is 7.38. The summed E-state index contributed by atoms with van der Waals surface area (Å²) in [5.41, 5.74) is 0.0344. The van der Waals surface area contributed by atoms with Crippen molar-refractivity contribution in [1.29, 1.82) is 0 Å². The normalized spacial score (nSPS) is 15.2. The molecule has 0 bridgehead atoms. The third-order valence-corrected chi connectivity index (χ3v) is 3.72. The standard InChI is InChI=1S/C11H20N2OS/c1-4-11(3,5-6-14)13-8-10-7-12-9(2)15-10/h7,13-14H,4-6,8H2,1-3H3.